The van der Waals surface area contributed by atoms with Crippen LogP contribution in [0.2, 0.25) is 0 Å². The SMILES string of the molecule is CC(C)[C@H](O)C(=O)N[C@H]1Cc2ccc3c(c2)C2(C4=C(CCC=C4)NC2O3)c2oc(nc2C(=O)NCC(=O)c2c[nH]c3c(O)cccc23)[C@H](C(C)C)NC1=O. The van der Waals surface area contributed by atoms with Crippen LogP contribution in [0.15, 0.2) is 70.4 Å². The molecule has 1 aliphatic carbocycles. The highest BCUT2D eigenvalue weighted by Crippen LogP contribution is 2.57. The number of phenols is 1. The molecule has 0 saturated carbocycles. The van der Waals surface area contributed by atoms with Gasteiger partial charge in [0.25, 0.3) is 5.91 Å². The molecule has 7 N–H and O–H groups in total. The second-order valence-electron chi connectivity index (χ2n) is 15.0. The predicted octanol–water partition coefficient (Wildman–Crippen LogP) is 3.56. The van der Waals surface area contributed by atoms with Gasteiger partial charge in [-0.3, -0.25) is 19.2 Å². The van der Waals surface area contributed by atoms with Crippen molar-refractivity contribution in [2.45, 2.75) is 76.8 Å². The van der Waals surface area contributed by atoms with Crippen LogP contribution in [0.5, 0.6) is 11.5 Å². The third kappa shape index (κ3) is 5.54. The van der Waals surface area contributed by atoms with Gasteiger partial charge in [0.2, 0.25) is 17.7 Å². The molecule has 14 heteroatoms. The van der Waals surface area contributed by atoms with Crippen molar-refractivity contribution in [3.8, 4) is 11.5 Å². The quantitative estimate of drug-likeness (QED) is 0.131. The van der Waals surface area contributed by atoms with Crippen molar-refractivity contribution in [1.29, 1.82) is 0 Å². The van der Waals surface area contributed by atoms with E-state index in [1.165, 1.54) is 12.3 Å². The Morgan fingerprint density at radius 3 is 2.70 bits per heavy atom. The average molecular weight is 735 g/mol. The maximum atomic E-state index is 14.4. The number of aromatic hydroxyl groups is 1. The Balaban J connectivity index is 1.25. The number of allylic oxidation sites excluding steroid dienone is 3. The third-order valence-electron chi connectivity index (χ3n) is 10.8. The van der Waals surface area contributed by atoms with Crippen molar-refractivity contribution < 1.29 is 38.5 Å². The van der Waals surface area contributed by atoms with Gasteiger partial charge in [0.15, 0.2) is 23.5 Å². The normalized spacial score (nSPS) is 23.2. The number of aliphatic hydroxyl groups is 1. The van der Waals surface area contributed by atoms with Crippen LogP contribution < -0.4 is 26.0 Å². The van der Waals surface area contributed by atoms with Crippen LogP contribution in [-0.4, -0.2) is 68.6 Å². The lowest BCUT2D eigenvalue weighted by Crippen LogP contribution is -2.52. The molecule has 5 heterocycles. The Hall–Kier alpha value is -5.89. The summed E-state index contributed by atoms with van der Waals surface area (Å²) < 4.78 is 13.3. The highest BCUT2D eigenvalue weighted by molar-refractivity contribution is 6.11. The number of aromatic amines is 1. The number of amides is 3. The predicted molar refractivity (Wildman–Crippen MR) is 196 cm³/mol. The number of fused-ring (bicyclic) bond motifs is 4. The number of phenolic OH excluding ortho intramolecular Hbond substituents is 1. The number of H-pyrrole nitrogens is 1. The minimum absolute atomic E-state index is 0.000368. The van der Waals surface area contributed by atoms with Gasteiger partial charge in [-0.25, -0.2) is 4.98 Å². The highest BCUT2D eigenvalue weighted by Gasteiger charge is 2.61. The number of hydrogen-bond acceptors (Lipinski definition) is 10. The number of oxazole rings is 1. The molecule has 3 amide bonds. The fraction of sp³-hybridized carbons (Fsp3) is 0.375. The summed E-state index contributed by atoms with van der Waals surface area (Å²) in [6.07, 6.45) is 5.14. The maximum absolute atomic E-state index is 14.4. The molecule has 4 aliphatic rings. The summed E-state index contributed by atoms with van der Waals surface area (Å²) in [4.78, 5) is 62.8. The summed E-state index contributed by atoms with van der Waals surface area (Å²) in [5.74, 6) is -2.10. The van der Waals surface area contributed by atoms with Crippen LogP contribution >= 0.6 is 0 Å². The van der Waals surface area contributed by atoms with Gasteiger partial charge in [-0.2, -0.15) is 0 Å². The number of para-hydroxylation sites is 1. The Labute approximate surface area is 310 Å². The molecule has 0 fully saturated rings. The molecule has 2 unspecified atom stereocenters. The number of ketones is 1. The first-order chi connectivity index (χ1) is 25.9. The topological polar surface area (TPSA) is 208 Å². The van der Waals surface area contributed by atoms with Crippen molar-refractivity contribution in [1.82, 2.24) is 31.2 Å². The molecule has 5 atom stereocenters. The number of carbonyl (C=O) groups excluding carboxylic acids is 4. The molecule has 54 heavy (non-hydrogen) atoms. The van der Waals surface area contributed by atoms with E-state index in [-0.39, 0.29) is 47.9 Å². The fourth-order valence-corrected chi connectivity index (χ4v) is 7.97. The molecule has 4 aromatic rings. The van der Waals surface area contributed by atoms with Crippen molar-refractivity contribution in [2.75, 3.05) is 6.54 Å². The van der Waals surface area contributed by atoms with Crippen molar-refractivity contribution in [3.63, 3.8) is 0 Å². The molecular weight excluding hydrogens is 692 g/mol. The molecule has 1 spiro atoms. The highest BCUT2D eigenvalue weighted by atomic mass is 16.5. The number of aliphatic hydroxyl groups excluding tert-OH is 1. The van der Waals surface area contributed by atoms with Gasteiger partial charge in [0, 0.05) is 34.8 Å². The van der Waals surface area contributed by atoms with Crippen LogP contribution in [0.25, 0.3) is 10.9 Å². The van der Waals surface area contributed by atoms with Crippen molar-refractivity contribution in [2.24, 2.45) is 11.8 Å². The summed E-state index contributed by atoms with van der Waals surface area (Å²) in [5, 5.41) is 33.4. The first-order valence-electron chi connectivity index (χ1n) is 18.3. The summed E-state index contributed by atoms with van der Waals surface area (Å²) in [6.45, 7) is 6.79. The minimum atomic E-state index is -1.32. The van der Waals surface area contributed by atoms with E-state index in [2.05, 4.69) is 32.3 Å². The van der Waals surface area contributed by atoms with E-state index in [0.717, 1.165) is 17.7 Å². The van der Waals surface area contributed by atoms with Crippen LogP contribution in [0, 0.1) is 11.8 Å². The first-order valence-corrected chi connectivity index (χ1v) is 18.3. The molecule has 0 radical (unpaired) electrons. The smallest absolute Gasteiger partial charge is 0.273 e. The van der Waals surface area contributed by atoms with E-state index < -0.39 is 53.3 Å². The fourth-order valence-electron chi connectivity index (χ4n) is 7.97. The van der Waals surface area contributed by atoms with E-state index in [1.807, 2.05) is 32.1 Å². The zero-order valence-electron chi connectivity index (χ0n) is 30.3. The van der Waals surface area contributed by atoms with Crippen LogP contribution in [0.4, 0.5) is 0 Å². The second-order valence-corrected chi connectivity index (χ2v) is 15.0. The van der Waals surface area contributed by atoms with Crippen molar-refractivity contribution >= 4 is 34.4 Å². The van der Waals surface area contributed by atoms with Gasteiger partial charge in [0.05, 0.1) is 12.1 Å². The number of carbonyl (C=O) groups is 4. The van der Waals surface area contributed by atoms with Gasteiger partial charge >= 0.3 is 0 Å². The third-order valence-corrected chi connectivity index (χ3v) is 10.8. The van der Waals surface area contributed by atoms with Gasteiger partial charge in [-0.15, -0.1) is 0 Å². The van der Waals surface area contributed by atoms with Crippen LogP contribution in [0.1, 0.15) is 90.2 Å². The van der Waals surface area contributed by atoms with Crippen LogP contribution in [-0.2, 0) is 21.4 Å². The summed E-state index contributed by atoms with van der Waals surface area (Å²) in [6, 6.07) is 8.48. The van der Waals surface area contributed by atoms with E-state index >= 15 is 0 Å². The number of aromatic nitrogens is 2. The lowest BCUT2D eigenvalue weighted by atomic mass is 9.70. The maximum Gasteiger partial charge on any atom is 0.273 e. The zero-order valence-corrected chi connectivity index (χ0v) is 30.3. The molecule has 4 bridgehead atoms. The zero-order chi connectivity index (χ0) is 38.1. The number of rotatable bonds is 8. The Morgan fingerprint density at radius 1 is 1.11 bits per heavy atom. The monoisotopic (exact) mass is 734 g/mol. The van der Waals surface area contributed by atoms with Gasteiger partial charge in [-0.1, -0.05) is 64.1 Å². The molecule has 2 aromatic carbocycles. The first kappa shape index (κ1) is 35.2. The number of ether oxygens (including phenoxy) is 1. The van der Waals surface area contributed by atoms with Crippen molar-refractivity contribution in [3.05, 3.63) is 100 Å². The van der Waals surface area contributed by atoms with Crippen LogP contribution in [0.3, 0.4) is 0 Å². The number of benzene rings is 2. The van der Waals surface area contributed by atoms with E-state index in [0.29, 0.717) is 39.8 Å². The molecule has 14 nitrogen and oxygen atoms in total. The Morgan fingerprint density at radius 2 is 1.93 bits per heavy atom. The van der Waals surface area contributed by atoms with E-state index in [9.17, 15) is 29.4 Å². The summed E-state index contributed by atoms with van der Waals surface area (Å²) >= 11 is 0. The lowest BCUT2D eigenvalue weighted by Gasteiger charge is -2.30. The minimum Gasteiger partial charge on any atom is -0.506 e. The van der Waals surface area contributed by atoms with E-state index in [1.54, 1.807) is 32.0 Å². The average Bonchev–Trinajstić information content (AvgIpc) is 3.92. The van der Waals surface area contributed by atoms with E-state index in [4.69, 9.17) is 14.1 Å². The molecular formula is C40H42N6O8. The standard InChI is InChI=1S/C40H42N6O8/c1-18(2)30-38-46-32(36(51)42-17-28(48)22-16-41-31-21(22)8-7-11-27(31)47)34(54-38)40-23-9-5-6-10-25(23)44-39(40)53-29-13-12-20(14-24(29)40)15-26(35(50)45-30)43-37(52)33(49)19(3)4/h5,7-9,11-14,16,18-19,26,30,33,39,41,44,47,49H,6,10,15,17H2,1-4H3,(H,42,51)(H,43,52)(H,45,50)/t26-,30-,33-,39?,40?/m0/s1. The Kier molecular flexibility index (Phi) is 8.59. The summed E-state index contributed by atoms with van der Waals surface area (Å²) in [7, 11) is 0. The van der Waals surface area contributed by atoms with Gasteiger partial charge < -0.3 is 45.6 Å². The summed E-state index contributed by atoms with van der Waals surface area (Å²) in [5.41, 5.74) is 2.64. The molecule has 280 valence electrons. The second kappa shape index (κ2) is 13.2. The number of Topliss-reactive ketones (excluding diaryl/α,β-unsaturated/α-hetero) is 1. The number of hydrogen-bond donors (Lipinski definition) is 7. The molecule has 8 rings (SSSR count). The molecule has 3 aliphatic heterocycles. The largest absolute Gasteiger partial charge is 0.506 e. The van der Waals surface area contributed by atoms with Gasteiger partial charge in [-0.05, 0) is 47.9 Å². The van der Waals surface area contributed by atoms with Gasteiger partial charge in [0.1, 0.15) is 35.1 Å². The Bertz CT molecular complexity index is 2280. The molecule has 0 saturated heterocycles. The molecule has 2 aromatic heterocycles. The lowest BCUT2D eigenvalue weighted by molar-refractivity contribution is -0.135. The number of nitrogens with one attached hydrogen (secondary N) is 5. The number of nitrogens with zero attached hydrogens (tertiary/aromatic N) is 1.